The number of ether oxygens (including phenoxy) is 2. The van der Waals surface area contributed by atoms with E-state index in [0.29, 0.717) is 0 Å². The van der Waals surface area contributed by atoms with Crippen LogP contribution in [0.1, 0.15) is 63.8 Å². The SMILES string of the molecule is CCc1ccc(C(C)(C)OC(=O)OC(C)(C)c2ccc(CC)cc2)cc1. The van der Waals surface area contributed by atoms with Crippen LogP contribution in [0.4, 0.5) is 4.79 Å². The lowest BCUT2D eigenvalue weighted by Gasteiger charge is -2.30. The molecule has 0 atom stereocenters. The minimum absolute atomic E-state index is 0.667. The Balaban J connectivity index is 2.07. The summed E-state index contributed by atoms with van der Waals surface area (Å²) in [4.78, 5) is 12.4. The zero-order chi connectivity index (χ0) is 19.4. The van der Waals surface area contributed by atoms with Crippen molar-refractivity contribution in [1.29, 1.82) is 0 Å². The van der Waals surface area contributed by atoms with Gasteiger partial charge >= 0.3 is 6.16 Å². The highest BCUT2D eigenvalue weighted by Gasteiger charge is 2.31. The number of hydrogen-bond donors (Lipinski definition) is 0. The lowest BCUT2D eigenvalue weighted by atomic mass is 9.96. The van der Waals surface area contributed by atoms with Gasteiger partial charge in [0, 0.05) is 0 Å². The summed E-state index contributed by atoms with van der Waals surface area (Å²) in [5.41, 5.74) is 2.87. The first-order valence-corrected chi connectivity index (χ1v) is 9.28. The third-order valence-corrected chi connectivity index (χ3v) is 4.79. The summed E-state index contributed by atoms with van der Waals surface area (Å²) >= 11 is 0. The van der Waals surface area contributed by atoms with E-state index in [1.807, 2.05) is 52.0 Å². The molecule has 0 aliphatic rings. The lowest BCUT2D eigenvalue weighted by Crippen LogP contribution is -2.31. The quantitative estimate of drug-likeness (QED) is 0.585. The van der Waals surface area contributed by atoms with E-state index in [9.17, 15) is 4.79 Å². The Kier molecular flexibility index (Phi) is 6.12. The summed E-state index contributed by atoms with van der Waals surface area (Å²) in [7, 11) is 0. The molecule has 0 spiro atoms. The van der Waals surface area contributed by atoms with Gasteiger partial charge in [0.15, 0.2) is 0 Å². The average Bonchev–Trinajstić information content (AvgIpc) is 2.60. The molecule has 0 radical (unpaired) electrons. The Labute approximate surface area is 157 Å². The molecular weight excluding hydrogens is 324 g/mol. The van der Waals surface area contributed by atoms with Gasteiger partial charge in [0.25, 0.3) is 0 Å². The highest BCUT2D eigenvalue weighted by Crippen LogP contribution is 2.30. The highest BCUT2D eigenvalue weighted by molar-refractivity contribution is 5.62. The van der Waals surface area contributed by atoms with E-state index in [-0.39, 0.29) is 0 Å². The molecule has 0 saturated heterocycles. The highest BCUT2D eigenvalue weighted by atomic mass is 16.7. The van der Waals surface area contributed by atoms with Crippen molar-refractivity contribution in [2.24, 2.45) is 0 Å². The second-order valence-electron chi connectivity index (χ2n) is 7.58. The fourth-order valence-corrected chi connectivity index (χ4v) is 2.84. The normalized spacial score (nSPS) is 11.9. The smallest absolute Gasteiger partial charge is 0.423 e. The predicted octanol–water partition coefficient (Wildman–Crippen LogP) is 6.14. The first-order valence-electron chi connectivity index (χ1n) is 9.28. The maximum absolute atomic E-state index is 12.4. The first-order chi connectivity index (χ1) is 12.2. The molecule has 140 valence electrons. The van der Waals surface area contributed by atoms with Gasteiger partial charge in [0.05, 0.1) is 0 Å². The third kappa shape index (κ3) is 4.87. The van der Waals surface area contributed by atoms with Crippen LogP contribution in [-0.2, 0) is 33.5 Å². The van der Waals surface area contributed by atoms with E-state index < -0.39 is 17.4 Å². The Bertz CT molecular complexity index is 662. The van der Waals surface area contributed by atoms with Crippen LogP contribution in [0.5, 0.6) is 0 Å². The molecule has 2 aromatic rings. The van der Waals surface area contributed by atoms with Crippen molar-refractivity contribution in [2.45, 2.75) is 65.6 Å². The van der Waals surface area contributed by atoms with Gasteiger partial charge in [-0.05, 0) is 62.8 Å². The van der Waals surface area contributed by atoms with Gasteiger partial charge in [0.1, 0.15) is 11.2 Å². The van der Waals surface area contributed by atoms with Crippen LogP contribution in [-0.4, -0.2) is 6.16 Å². The van der Waals surface area contributed by atoms with Crippen molar-refractivity contribution in [1.82, 2.24) is 0 Å². The monoisotopic (exact) mass is 354 g/mol. The maximum Gasteiger partial charge on any atom is 0.510 e. The van der Waals surface area contributed by atoms with Gasteiger partial charge in [-0.2, -0.15) is 0 Å². The van der Waals surface area contributed by atoms with E-state index in [4.69, 9.17) is 9.47 Å². The first kappa shape index (κ1) is 20.0. The third-order valence-electron chi connectivity index (χ3n) is 4.79. The molecule has 0 fully saturated rings. The van der Waals surface area contributed by atoms with E-state index in [0.717, 1.165) is 24.0 Å². The summed E-state index contributed by atoms with van der Waals surface area (Å²) < 4.78 is 11.3. The van der Waals surface area contributed by atoms with Crippen LogP contribution in [0.3, 0.4) is 0 Å². The van der Waals surface area contributed by atoms with E-state index in [2.05, 4.69) is 38.1 Å². The second-order valence-corrected chi connectivity index (χ2v) is 7.58. The van der Waals surface area contributed by atoms with Crippen molar-refractivity contribution in [2.75, 3.05) is 0 Å². The summed E-state index contributed by atoms with van der Waals surface area (Å²) in [6.07, 6.45) is 1.29. The number of carbonyl (C=O) groups excluding carboxylic acids is 1. The zero-order valence-electron chi connectivity index (χ0n) is 16.8. The lowest BCUT2D eigenvalue weighted by molar-refractivity contribution is -0.0634. The number of aryl methyl sites for hydroxylation is 2. The standard InChI is InChI=1S/C23H30O3/c1-7-17-9-13-19(14-10-17)22(3,4)25-21(24)26-23(5,6)20-15-11-18(8-2)12-16-20/h9-16H,7-8H2,1-6H3. The van der Waals surface area contributed by atoms with Crippen molar-refractivity contribution >= 4 is 6.16 Å². The van der Waals surface area contributed by atoms with Gasteiger partial charge in [-0.15, -0.1) is 0 Å². The number of rotatable bonds is 6. The van der Waals surface area contributed by atoms with E-state index >= 15 is 0 Å². The summed E-state index contributed by atoms with van der Waals surface area (Å²) in [6, 6.07) is 16.2. The average molecular weight is 354 g/mol. The molecule has 2 rings (SSSR count). The van der Waals surface area contributed by atoms with E-state index in [1.54, 1.807) is 0 Å². The number of hydrogen-bond acceptors (Lipinski definition) is 3. The fourth-order valence-electron chi connectivity index (χ4n) is 2.84. The molecule has 0 aliphatic heterocycles. The van der Waals surface area contributed by atoms with Crippen LogP contribution in [0.15, 0.2) is 48.5 Å². The van der Waals surface area contributed by atoms with Crippen LogP contribution >= 0.6 is 0 Å². The van der Waals surface area contributed by atoms with Gasteiger partial charge in [-0.3, -0.25) is 0 Å². The topological polar surface area (TPSA) is 35.5 Å². The molecule has 0 unspecified atom stereocenters. The second kappa shape index (κ2) is 7.94. The molecule has 3 heteroatoms. The van der Waals surface area contributed by atoms with Crippen molar-refractivity contribution in [3.05, 3.63) is 70.8 Å². The molecule has 3 nitrogen and oxygen atoms in total. The maximum atomic E-state index is 12.4. The minimum Gasteiger partial charge on any atom is -0.423 e. The van der Waals surface area contributed by atoms with Crippen molar-refractivity contribution < 1.29 is 14.3 Å². The van der Waals surface area contributed by atoms with Crippen molar-refractivity contribution in [3.63, 3.8) is 0 Å². The largest absolute Gasteiger partial charge is 0.510 e. The molecule has 2 aromatic carbocycles. The molecule has 0 saturated carbocycles. The number of benzene rings is 2. The van der Waals surface area contributed by atoms with Crippen LogP contribution in [0.2, 0.25) is 0 Å². The molecule has 0 N–H and O–H groups in total. The minimum atomic E-state index is -0.758. The predicted molar refractivity (Wildman–Crippen MR) is 105 cm³/mol. The number of carbonyl (C=O) groups is 1. The van der Waals surface area contributed by atoms with Crippen LogP contribution in [0, 0.1) is 0 Å². The Hall–Kier alpha value is -2.29. The Morgan fingerprint density at radius 3 is 1.27 bits per heavy atom. The van der Waals surface area contributed by atoms with Crippen molar-refractivity contribution in [3.8, 4) is 0 Å². The van der Waals surface area contributed by atoms with Crippen LogP contribution < -0.4 is 0 Å². The molecular formula is C23H30O3. The van der Waals surface area contributed by atoms with Crippen LogP contribution in [0.25, 0.3) is 0 Å². The molecule has 0 heterocycles. The Morgan fingerprint density at radius 2 is 1.00 bits per heavy atom. The zero-order valence-corrected chi connectivity index (χ0v) is 16.8. The molecule has 0 aliphatic carbocycles. The summed E-state index contributed by atoms with van der Waals surface area (Å²) in [5, 5.41) is 0. The summed E-state index contributed by atoms with van der Waals surface area (Å²) in [5.74, 6) is 0. The molecule has 0 bridgehead atoms. The Morgan fingerprint density at radius 1 is 0.692 bits per heavy atom. The van der Waals surface area contributed by atoms with E-state index in [1.165, 1.54) is 11.1 Å². The molecule has 26 heavy (non-hydrogen) atoms. The molecule has 0 aromatic heterocycles. The van der Waals surface area contributed by atoms with Gasteiger partial charge in [-0.1, -0.05) is 62.4 Å². The van der Waals surface area contributed by atoms with Gasteiger partial charge in [0.2, 0.25) is 0 Å². The summed E-state index contributed by atoms with van der Waals surface area (Å²) in [6.45, 7) is 11.7. The fraction of sp³-hybridized carbons (Fsp3) is 0.435. The van der Waals surface area contributed by atoms with Gasteiger partial charge < -0.3 is 9.47 Å². The van der Waals surface area contributed by atoms with Gasteiger partial charge in [-0.25, -0.2) is 4.79 Å². The molecule has 0 amide bonds.